The number of nitrogens with zero attached hydrogens (tertiary/aromatic N) is 1. The van der Waals surface area contributed by atoms with E-state index in [-0.39, 0.29) is 11.8 Å². The fourth-order valence-corrected chi connectivity index (χ4v) is 3.92. The second-order valence-corrected chi connectivity index (χ2v) is 8.91. The van der Waals surface area contributed by atoms with Gasteiger partial charge in [-0.25, -0.2) is 0 Å². The van der Waals surface area contributed by atoms with E-state index in [1.54, 1.807) is 12.3 Å². The second-order valence-electron chi connectivity index (χ2n) is 8.91. The molecule has 2 amide bonds. The molecule has 0 bridgehead atoms. The number of benzene rings is 1. The lowest BCUT2D eigenvalue weighted by molar-refractivity contribution is -0.116. The van der Waals surface area contributed by atoms with E-state index in [0.29, 0.717) is 30.8 Å². The lowest BCUT2D eigenvalue weighted by Gasteiger charge is -2.26. The van der Waals surface area contributed by atoms with Crippen molar-refractivity contribution in [3.8, 4) is 0 Å². The number of amides is 2. The molecule has 6 nitrogen and oxygen atoms in total. The molecule has 34 heavy (non-hydrogen) atoms. The molecule has 0 saturated heterocycles. The summed E-state index contributed by atoms with van der Waals surface area (Å²) >= 11 is 0. The summed E-state index contributed by atoms with van der Waals surface area (Å²) in [4.78, 5) is 27.7. The van der Waals surface area contributed by atoms with E-state index in [2.05, 4.69) is 29.4 Å². The third kappa shape index (κ3) is 9.62. The molecule has 0 aliphatic carbocycles. The molecule has 1 aromatic heterocycles. The van der Waals surface area contributed by atoms with Crippen LogP contribution in [-0.4, -0.2) is 24.9 Å². The Bertz CT molecular complexity index is 849. The highest BCUT2D eigenvalue weighted by atomic mass is 16.3. The molecule has 2 N–H and O–H groups in total. The van der Waals surface area contributed by atoms with Crippen LogP contribution in [0.3, 0.4) is 0 Å². The number of anilines is 2. The Hall–Kier alpha value is -2.76. The summed E-state index contributed by atoms with van der Waals surface area (Å²) in [5.41, 5.74) is 2.09. The maximum Gasteiger partial charge on any atom is 0.253 e. The Morgan fingerprint density at radius 1 is 0.912 bits per heavy atom. The minimum absolute atomic E-state index is 0.00147. The molecule has 0 spiro atoms. The Morgan fingerprint density at radius 3 is 2.38 bits per heavy atom. The van der Waals surface area contributed by atoms with Gasteiger partial charge in [-0.3, -0.25) is 9.59 Å². The van der Waals surface area contributed by atoms with E-state index >= 15 is 0 Å². The average Bonchev–Trinajstić information content (AvgIpc) is 3.35. The molecule has 0 aliphatic rings. The van der Waals surface area contributed by atoms with Gasteiger partial charge < -0.3 is 20.0 Å². The van der Waals surface area contributed by atoms with Gasteiger partial charge in [-0.1, -0.05) is 59.3 Å². The van der Waals surface area contributed by atoms with Gasteiger partial charge in [-0.15, -0.1) is 0 Å². The van der Waals surface area contributed by atoms with Crippen molar-refractivity contribution < 1.29 is 14.0 Å². The lowest BCUT2D eigenvalue weighted by Crippen LogP contribution is -2.30. The van der Waals surface area contributed by atoms with Crippen LogP contribution in [0.5, 0.6) is 0 Å². The van der Waals surface area contributed by atoms with Crippen molar-refractivity contribution in [2.45, 2.75) is 91.5 Å². The highest BCUT2D eigenvalue weighted by molar-refractivity contribution is 6.02. The number of rotatable bonds is 17. The lowest BCUT2D eigenvalue weighted by atomic mass is 10.1. The summed E-state index contributed by atoms with van der Waals surface area (Å²) in [6, 6.07) is 9.48. The zero-order valence-corrected chi connectivity index (χ0v) is 21.3. The first kappa shape index (κ1) is 27.5. The summed E-state index contributed by atoms with van der Waals surface area (Å²) in [6.07, 6.45) is 12.0. The number of furan rings is 1. The minimum atomic E-state index is -0.121. The van der Waals surface area contributed by atoms with Crippen molar-refractivity contribution in [1.29, 1.82) is 0 Å². The van der Waals surface area contributed by atoms with Gasteiger partial charge in [0.15, 0.2) is 0 Å². The van der Waals surface area contributed by atoms with Gasteiger partial charge in [-0.2, -0.15) is 0 Å². The molecule has 188 valence electrons. The molecular formula is C28H43N3O3. The van der Waals surface area contributed by atoms with E-state index in [1.165, 1.54) is 25.7 Å². The first-order valence-electron chi connectivity index (χ1n) is 13.1. The maximum atomic E-state index is 13.1. The number of carbonyl (C=O) groups is 2. The van der Waals surface area contributed by atoms with Crippen molar-refractivity contribution >= 4 is 23.2 Å². The first-order chi connectivity index (χ1) is 16.6. The van der Waals surface area contributed by atoms with Crippen LogP contribution in [0, 0.1) is 0 Å². The largest absolute Gasteiger partial charge is 0.467 e. The standard InChI is InChI=1S/C28H43N3O3/c1-4-7-9-10-11-12-15-27(32)30-23-16-17-26(25(21-23)28(33)29-18-6-3)31(19-8-5-2)22-24-14-13-20-34-24/h13-14,16-17,20-21H,4-12,15,18-19,22H2,1-3H3,(H,29,33)(H,30,32). The molecule has 0 radical (unpaired) electrons. The fraction of sp³-hybridized carbons (Fsp3) is 0.571. The molecule has 1 aromatic carbocycles. The van der Waals surface area contributed by atoms with Crippen LogP contribution in [0.4, 0.5) is 11.4 Å². The van der Waals surface area contributed by atoms with Crippen LogP contribution < -0.4 is 15.5 Å². The Labute approximate surface area is 205 Å². The molecule has 0 fully saturated rings. The normalized spacial score (nSPS) is 10.8. The molecule has 2 rings (SSSR count). The van der Waals surface area contributed by atoms with Gasteiger partial charge in [0.1, 0.15) is 5.76 Å². The van der Waals surface area contributed by atoms with Crippen molar-refractivity contribution in [1.82, 2.24) is 5.32 Å². The van der Waals surface area contributed by atoms with Crippen LogP contribution >= 0.6 is 0 Å². The highest BCUT2D eigenvalue weighted by Crippen LogP contribution is 2.27. The van der Waals surface area contributed by atoms with Crippen molar-refractivity contribution in [2.24, 2.45) is 0 Å². The summed E-state index contributed by atoms with van der Waals surface area (Å²) in [5.74, 6) is 0.735. The number of carbonyl (C=O) groups excluding carboxylic acids is 2. The molecule has 1 heterocycles. The van der Waals surface area contributed by atoms with Gasteiger partial charge in [0.05, 0.1) is 24.1 Å². The van der Waals surface area contributed by atoms with Crippen molar-refractivity contribution in [3.05, 3.63) is 47.9 Å². The number of hydrogen-bond donors (Lipinski definition) is 2. The van der Waals surface area contributed by atoms with E-state index in [0.717, 1.165) is 50.1 Å². The van der Waals surface area contributed by atoms with E-state index in [9.17, 15) is 9.59 Å². The number of hydrogen-bond acceptors (Lipinski definition) is 4. The van der Waals surface area contributed by atoms with Gasteiger partial charge >= 0.3 is 0 Å². The van der Waals surface area contributed by atoms with Gasteiger partial charge in [-0.05, 0) is 49.6 Å². The Morgan fingerprint density at radius 2 is 1.68 bits per heavy atom. The molecule has 0 unspecified atom stereocenters. The minimum Gasteiger partial charge on any atom is -0.467 e. The van der Waals surface area contributed by atoms with Gasteiger partial charge in [0.25, 0.3) is 5.91 Å². The first-order valence-corrected chi connectivity index (χ1v) is 13.1. The molecular weight excluding hydrogens is 426 g/mol. The summed E-state index contributed by atoms with van der Waals surface area (Å²) < 4.78 is 5.58. The summed E-state index contributed by atoms with van der Waals surface area (Å²) in [6.45, 7) is 8.41. The van der Waals surface area contributed by atoms with Crippen LogP contribution in [0.25, 0.3) is 0 Å². The predicted octanol–water partition coefficient (Wildman–Crippen LogP) is 6.92. The van der Waals surface area contributed by atoms with Crippen LogP contribution in [0.1, 0.15) is 101 Å². The zero-order chi connectivity index (χ0) is 24.6. The highest BCUT2D eigenvalue weighted by Gasteiger charge is 2.19. The third-order valence-corrected chi connectivity index (χ3v) is 5.87. The molecule has 0 atom stereocenters. The van der Waals surface area contributed by atoms with Crippen molar-refractivity contribution in [2.75, 3.05) is 23.3 Å². The van der Waals surface area contributed by atoms with E-state index in [1.807, 2.05) is 31.2 Å². The van der Waals surface area contributed by atoms with E-state index < -0.39 is 0 Å². The molecule has 2 aromatic rings. The number of unbranched alkanes of at least 4 members (excludes halogenated alkanes) is 6. The quantitative estimate of drug-likeness (QED) is 0.247. The Kier molecular flexibility index (Phi) is 12.9. The molecule has 0 saturated carbocycles. The van der Waals surface area contributed by atoms with Gasteiger partial charge in [0.2, 0.25) is 5.91 Å². The topological polar surface area (TPSA) is 74.6 Å². The van der Waals surface area contributed by atoms with Crippen LogP contribution in [0.15, 0.2) is 41.0 Å². The van der Waals surface area contributed by atoms with Crippen LogP contribution in [-0.2, 0) is 11.3 Å². The zero-order valence-electron chi connectivity index (χ0n) is 21.3. The maximum absolute atomic E-state index is 13.1. The second kappa shape index (κ2) is 16.0. The van der Waals surface area contributed by atoms with Gasteiger partial charge in [0, 0.05) is 25.2 Å². The smallest absolute Gasteiger partial charge is 0.253 e. The molecule has 0 aliphatic heterocycles. The summed E-state index contributed by atoms with van der Waals surface area (Å²) in [5, 5.41) is 5.99. The predicted molar refractivity (Wildman–Crippen MR) is 140 cm³/mol. The van der Waals surface area contributed by atoms with E-state index in [4.69, 9.17) is 4.42 Å². The summed E-state index contributed by atoms with van der Waals surface area (Å²) in [7, 11) is 0. The average molecular weight is 470 g/mol. The fourth-order valence-electron chi connectivity index (χ4n) is 3.92. The molecule has 6 heteroatoms. The van der Waals surface area contributed by atoms with Crippen LogP contribution in [0.2, 0.25) is 0 Å². The SMILES string of the molecule is CCCCCCCCC(=O)Nc1ccc(N(CCCC)Cc2ccco2)c(C(=O)NCCC)c1. The van der Waals surface area contributed by atoms with Crippen molar-refractivity contribution in [3.63, 3.8) is 0 Å². The number of nitrogens with one attached hydrogen (secondary N) is 2. The monoisotopic (exact) mass is 469 g/mol. The Balaban J connectivity index is 2.15. The third-order valence-electron chi connectivity index (χ3n) is 5.87.